The zero-order chi connectivity index (χ0) is 12.4. The predicted molar refractivity (Wildman–Crippen MR) is 66.6 cm³/mol. The summed E-state index contributed by atoms with van der Waals surface area (Å²) >= 11 is 0. The van der Waals surface area contributed by atoms with Crippen LogP contribution >= 0.6 is 0 Å². The number of carbonyl (C=O) groups excluding carboxylic acids is 1. The van der Waals surface area contributed by atoms with Gasteiger partial charge in [0.15, 0.2) is 0 Å². The molecule has 1 heterocycles. The van der Waals surface area contributed by atoms with Gasteiger partial charge in [-0.05, 0) is 24.6 Å². The number of nitrogens with zero attached hydrogens (tertiary/aromatic N) is 1. The van der Waals surface area contributed by atoms with Crippen molar-refractivity contribution < 1.29 is 14.1 Å². The summed E-state index contributed by atoms with van der Waals surface area (Å²) in [6, 6.07) is 4.93. The summed E-state index contributed by atoms with van der Waals surface area (Å²) in [6.07, 6.45) is 0. The minimum Gasteiger partial charge on any atom is -0.508 e. The van der Waals surface area contributed by atoms with Gasteiger partial charge in [-0.15, -0.1) is 0 Å². The molecule has 0 atom stereocenters. The lowest BCUT2D eigenvalue weighted by molar-refractivity contribution is 0.0771. The fourth-order valence-corrected chi connectivity index (χ4v) is 2.82. The van der Waals surface area contributed by atoms with Crippen LogP contribution < -0.4 is 0 Å². The minimum absolute atomic E-state index is 0.1000. The zero-order valence-electron chi connectivity index (χ0n) is 9.68. The van der Waals surface area contributed by atoms with Gasteiger partial charge in [-0.1, -0.05) is 6.07 Å². The van der Waals surface area contributed by atoms with Crippen molar-refractivity contribution in [2.24, 2.45) is 0 Å². The van der Waals surface area contributed by atoms with E-state index < -0.39 is 10.8 Å². The van der Waals surface area contributed by atoms with Gasteiger partial charge in [-0.3, -0.25) is 9.00 Å². The molecule has 1 amide bonds. The fraction of sp³-hybridized carbons (Fsp3) is 0.417. The van der Waals surface area contributed by atoms with Crippen LogP contribution in [0.3, 0.4) is 0 Å². The second-order valence-corrected chi connectivity index (χ2v) is 5.84. The molecule has 2 rings (SSSR count). The van der Waals surface area contributed by atoms with Crippen LogP contribution in [0.5, 0.6) is 5.75 Å². The molecule has 1 aromatic rings. The quantitative estimate of drug-likeness (QED) is 0.809. The van der Waals surface area contributed by atoms with Crippen LogP contribution in [0.4, 0.5) is 0 Å². The zero-order valence-corrected chi connectivity index (χ0v) is 10.5. The lowest BCUT2D eigenvalue weighted by Gasteiger charge is -2.26. The smallest absolute Gasteiger partial charge is 0.254 e. The first-order valence-corrected chi connectivity index (χ1v) is 7.00. The molecule has 5 heteroatoms. The predicted octanol–water partition coefficient (Wildman–Crippen LogP) is 0.905. The van der Waals surface area contributed by atoms with Crippen LogP contribution in [0.25, 0.3) is 0 Å². The molecule has 0 aliphatic carbocycles. The molecule has 17 heavy (non-hydrogen) atoms. The topological polar surface area (TPSA) is 57.6 Å². The van der Waals surface area contributed by atoms with E-state index >= 15 is 0 Å². The maximum atomic E-state index is 12.1. The van der Waals surface area contributed by atoms with Crippen molar-refractivity contribution in [2.45, 2.75) is 6.92 Å². The maximum absolute atomic E-state index is 12.1. The summed E-state index contributed by atoms with van der Waals surface area (Å²) in [6.45, 7) is 2.84. The van der Waals surface area contributed by atoms with E-state index in [1.165, 1.54) is 6.07 Å². The minimum atomic E-state index is -0.785. The van der Waals surface area contributed by atoms with Gasteiger partial charge in [-0.25, -0.2) is 0 Å². The number of aromatic hydroxyl groups is 1. The van der Waals surface area contributed by atoms with Crippen molar-refractivity contribution in [3.63, 3.8) is 0 Å². The Kier molecular flexibility index (Phi) is 3.47. The Morgan fingerprint density at radius 2 is 2.00 bits per heavy atom. The first-order chi connectivity index (χ1) is 8.08. The van der Waals surface area contributed by atoms with Crippen LogP contribution in [0.2, 0.25) is 0 Å². The summed E-state index contributed by atoms with van der Waals surface area (Å²) in [5.41, 5.74) is 1.24. The van der Waals surface area contributed by atoms with Crippen LogP contribution in [0, 0.1) is 6.92 Å². The van der Waals surface area contributed by atoms with E-state index in [0.29, 0.717) is 30.2 Å². The molecule has 0 radical (unpaired) electrons. The summed E-state index contributed by atoms with van der Waals surface area (Å²) in [4.78, 5) is 13.8. The number of phenolic OH excluding ortho intramolecular Hbond substituents is 1. The number of benzene rings is 1. The Morgan fingerprint density at radius 3 is 2.59 bits per heavy atom. The average molecular weight is 253 g/mol. The molecule has 4 nitrogen and oxygen atoms in total. The number of hydrogen-bond donors (Lipinski definition) is 1. The van der Waals surface area contributed by atoms with Crippen LogP contribution in [-0.2, 0) is 10.8 Å². The molecule has 0 spiro atoms. The van der Waals surface area contributed by atoms with Gasteiger partial charge in [0.25, 0.3) is 5.91 Å². The molecule has 1 aliphatic rings. The molecular weight excluding hydrogens is 238 g/mol. The molecule has 1 saturated heterocycles. The van der Waals surface area contributed by atoms with E-state index in [0.717, 1.165) is 5.56 Å². The van der Waals surface area contributed by atoms with Gasteiger partial charge >= 0.3 is 0 Å². The van der Waals surface area contributed by atoms with Crippen molar-refractivity contribution in [3.05, 3.63) is 29.3 Å². The number of aryl methyl sites for hydroxylation is 1. The first kappa shape index (κ1) is 12.1. The van der Waals surface area contributed by atoms with Gasteiger partial charge in [0.1, 0.15) is 5.75 Å². The van der Waals surface area contributed by atoms with Crippen LogP contribution in [0.1, 0.15) is 15.9 Å². The number of carbonyl (C=O) groups is 1. The van der Waals surface area contributed by atoms with Gasteiger partial charge in [0.05, 0.1) is 0 Å². The number of phenols is 1. The van der Waals surface area contributed by atoms with Crippen molar-refractivity contribution in [2.75, 3.05) is 24.6 Å². The summed E-state index contributed by atoms with van der Waals surface area (Å²) < 4.78 is 11.2. The third-order valence-electron chi connectivity index (χ3n) is 2.92. The van der Waals surface area contributed by atoms with E-state index in [9.17, 15) is 14.1 Å². The van der Waals surface area contributed by atoms with E-state index in [1.54, 1.807) is 24.0 Å². The molecule has 0 bridgehead atoms. The second-order valence-electron chi connectivity index (χ2n) is 4.14. The van der Waals surface area contributed by atoms with Crippen molar-refractivity contribution in [3.8, 4) is 5.75 Å². The van der Waals surface area contributed by atoms with Crippen molar-refractivity contribution in [1.29, 1.82) is 0 Å². The molecule has 0 unspecified atom stereocenters. The van der Waals surface area contributed by atoms with E-state index in [2.05, 4.69) is 0 Å². The van der Waals surface area contributed by atoms with E-state index in [4.69, 9.17) is 0 Å². The van der Waals surface area contributed by atoms with Crippen LogP contribution in [-0.4, -0.2) is 44.7 Å². The fourth-order valence-electron chi connectivity index (χ4n) is 1.77. The second kappa shape index (κ2) is 4.87. The number of rotatable bonds is 1. The number of hydrogen-bond acceptors (Lipinski definition) is 3. The Hall–Kier alpha value is -1.36. The van der Waals surface area contributed by atoms with E-state index in [1.807, 2.05) is 0 Å². The summed E-state index contributed by atoms with van der Waals surface area (Å²) in [7, 11) is -0.785. The number of amides is 1. The molecule has 0 saturated carbocycles. The Balaban J connectivity index is 2.14. The average Bonchev–Trinajstić information content (AvgIpc) is 2.33. The van der Waals surface area contributed by atoms with Gasteiger partial charge in [0.2, 0.25) is 0 Å². The molecule has 1 aliphatic heterocycles. The Morgan fingerprint density at radius 1 is 1.35 bits per heavy atom. The van der Waals surface area contributed by atoms with Gasteiger partial charge in [-0.2, -0.15) is 0 Å². The van der Waals surface area contributed by atoms with Crippen molar-refractivity contribution in [1.82, 2.24) is 4.90 Å². The van der Waals surface area contributed by atoms with Crippen molar-refractivity contribution >= 4 is 16.7 Å². The molecular formula is C12H15NO3S. The molecule has 1 N–H and O–H groups in total. The first-order valence-electron chi connectivity index (χ1n) is 5.52. The standard InChI is InChI=1S/C12H15NO3S/c1-9-2-3-10(8-11(9)14)12(15)13-4-6-17(16)7-5-13/h2-3,8,14H,4-7H2,1H3. The highest BCUT2D eigenvalue weighted by Crippen LogP contribution is 2.19. The highest BCUT2D eigenvalue weighted by molar-refractivity contribution is 7.85. The third-order valence-corrected chi connectivity index (χ3v) is 4.20. The SMILES string of the molecule is Cc1ccc(C(=O)N2CCS(=O)CC2)cc1O. The van der Waals surface area contributed by atoms with Gasteiger partial charge in [0, 0.05) is 41.0 Å². The third kappa shape index (κ3) is 2.66. The normalized spacial score (nSPS) is 17.1. The Labute approximate surface area is 103 Å². The lowest BCUT2D eigenvalue weighted by Crippen LogP contribution is -2.41. The highest BCUT2D eigenvalue weighted by atomic mass is 32.2. The van der Waals surface area contributed by atoms with Gasteiger partial charge < -0.3 is 10.0 Å². The maximum Gasteiger partial charge on any atom is 0.254 e. The van der Waals surface area contributed by atoms with E-state index in [-0.39, 0.29) is 11.7 Å². The molecule has 0 aromatic heterocycles. The summed E-state index contributed by atoms with van der Waals surface area (Å²) in [5, 5.41) is 9.57. The molecule has 92 valence electrons. The monoisotopic (exact) mass is 253 g/mol. The van der Waals surface area contributed by atoms with Crippen LogP contribution in [0.15, 0.2) is 18.2 Å². The molecule has 1 aromatic carbocycles. The molecule has 1 fully saturated rings. The lowest BCUT2D eigenvalue weighted by atomic mass is 10.1. The Bertz CT molecular complexity index is 463. The largest absolute Gasteiger partial charge is 0.508 e. The summed E-state index contributed by atoms with van der Waals surface area (Å²) in [5.74, 6) is 1.13. The highest BCUT2D eigenvalue weighted by Gasteiger charge is 2.21.